The molecule has 0 spiro atoms. The van der Waals surface area contributed by atoms with E-state index in [0.717, 1.165) is 11.1 Å². The fraction of sp³-hybridized carbons (Fsp3) is 0.316. The summed E-state index contributed by atoms with van der Waals surface area (Å²) in [5, 5.41) is 2.78. The summed E-state index contributed by atoms with van der Waals surface area (Å²) in [6.45, 7) is 3.34. The van der Waals surface area contributed by atoms with Gasteiger partial charge in [0.15, 0.2) is 0 Å². The summed E-state index contributed by atoms with van der Waals surface area (Å²) < 4.78 is 27.7. The van der Waals surface area contributed by atoms with Gasteiger partial charge in [-0.1, -0.05) is 30.3 Å². The Labute approximate surface area is 155 Å². The van der Waals surface area contributed by atoms with Gasteiger partial charge in [-0.05, 0) is 50.3 Å². The highest BCUT2D eigenvalue weighted by Gasteiger charge is 2.16. The number of hydrogen-bond acceptors (Lipinski definition) is 4. The molecule has 0 bridgehead atoms. The van der Waals surface area contributed by atoms with Gasteiger partial charge in [-0.15, -0.1) is 0 Å². The van der Waals surface area contributed by atoms with E-state index in [-0.39, 0.29) is 17.3 Å². The lowest BCUT2D eigenvalue weighted by molar-refractivity contribution is 0.0951. The molecule has 0 aliphatic rings. The quantitative estimate of drug-likeness (QED) is 0.737. The van der Waals surface area contributed by atoms with Gasteiger partial charge in [0.1, 0.15) is 0 Å². The second kappa shape index (κ2) is 8.93. The average Bonchev–Trinajstić information content (AvgIpc) is 2.61. The van der Waals surface area contributed by atoms with E-state index >= 15 is 0 Å². The molecule has 2 N–H and O–H groups in total. The number of nitrogens with zero attached hydrogens (tertiary/aromatic N) is 1. The van der Waals surface area contributed by atoms with Crippen LogP contribution >= 0.6 is 0 Å². The minimum absolute atomic E-state index is 0.0753. The summed E-state index contributed by atoms with van der Waals surface area (Å²) in [5.41, 5.74) is 2.25. The molecule has 140 valence electrons. The van der Waals surface area contributed by atoms with Gasteiger partial charge >= 0.3 is 0 Å². The average molecular weight is 375 g/mol. The summed E-state index contributed by atoms with van der Waals surface area (Å²) in [5.74, 6) is -0.289. The van der Waals surface area contributed by atoms with E-state index < -0.39 is 10.0 Å². The van der Waals surface area contributed by atoms with Crippen molar-refractivity contribution in [2.75, 3.05) is 27.2 Å². The Kier molecular flexibility index (Phi) is 6.90. The minimum atomic E-state index is -3.70. The van der Waals surface area contributed by atoms with Crippen molar-refractivity contribution < 1.29 is 13.2 Å². The zero-order valence-corrected chi connectivity index (χ0v) is 16.1. The van der Waals surface area contributed by atoms with E-state index in [1.165, 1.54) is 12.1 Å². The van der Waals surface area contributed by atoms with Crippen LogP contribution in [0, 0.1) is 6.92 Å². The van der Waals surface area contributed by atoms with Gasteiger partial charge in [0.2, 0.25) is 10.0 Å². The molecule has 0 aliphatic carbocycles. The first-order chi connectivity index (χ1) is 12.3. The first kappa shape index (κ1) is 20.1. The summed E-state index contributed by atoms with van der Waals surface area (Å²) in [6, 6.07) is 13.6. The highest BCUT2D eigenvalue weighted by Crippen LogP contribution is 2.13. The monoisotopic (exact) mass is 375 g/mol. The van der Waals surface area contributed by atoms with Crippen LogP contribution < -0.4 is 10.0 Å². The first-order valence-electron chi connectivity index (χ1n) is 8.37. The Bertz CT molecular complexity index is 864. The molecule has 0 fully saturated rings. The molecule has 0 unspecified atom stereocenters. The minimum Gasteiger partial charge on any atom is -0.351 e. The zero-order valence-electron chi connectivity index (χ0n) is 15.3. The highest BCUT2D eigenvalue weighted by molar-refractivity contribution is 7.89. The number of nitrogens with one attached hydrogen (secondary N) is 2. The van der Waals surface area contributed by atoms with Crippen molar-refractivity contribution in [2.45, 2.75) is 18.4 Å². The second-order valence-corrected chi connectivity index (χ2v) is 8.10. The number of aryl methyl sites for hydroxylation is 1. The van der Waals surface area contributed by atoms with E-state index in [9.17, 15) is 13.2 Å². The third kappa shape index (κ3) is 5.66. The van der Waals surface area contributed by atoms with Crippen LogP contribution in [0.2, 0.25) is 0 Å². The van der Waals surface area contributed by atoms with Gasteiger partial charge in [0.05, 0.1) is 4.90 Å². The van der Waals surface area contributed by atoms with Gasteiger partial charge in [0, 0.05) is 25.2 Å². The zero-order chi connectivity index (χ0) is 19.2. The maximum atomic E-state index is 12.5. The number of rotatable bonds is 8. The number of hydrogen-bond donors (Lipinski definition) is 2. The molecule has 0 aromatic heterocycles. The number of carbonyl (C=O) groups excluding carboxylic acids is 1. The summed E-state index contributed by atoms with van der Waals surface area (Å²) in [4.78, 5) is 14.2. The third-order valence-electron chi connectivity index (χ3n) is 3.96. The van der Waals surface area contributed by atoms with Gasteiger partial charge in [0.25, 0.3) is 5.91 Å². The number of benzene rings is 2. The van der Waals surface area contributed by atoms with Crippen LogP contribution in [-0.4, -0.2) is 46.4 Å². The lowest BCUT2D eigenvalue weighted by atomic mass is 10.1. The van der Waals surface area contributed by atoms with Crippen molar-refractivity contribution in [3.8, 4) is 0 Å². The Morgan fingerprint density at radius 1 is 1.08 bits per heavy atom. The van der Waals surface area contributed by atoms with Crippen LogP contribution in [-0.2, 0) is 16.6 Å². The fourth-order valence-corrected chi connectivity index (χ4v) is 3.42. The van der Waals surface area contributed by atoms with Crippen LogP contribution in [0.3, 0.4) is 0 Å². The van der Waals surface area contributed by atoms with Crippen LogP contribution in [0.5, 0.6) is 0 Å². The molecule has 1 amide bonds. The van der Waals surface area contributed by atoms with Gasteiger partial charge in [-0.2, -0.15) is 0 Å². The molecule has 2 aromatic rings. The maximum Gasteiger partial charge on any atom is 0.251 e. The van der Waals surface area contributed by atoms with Crippen molar-refractivity contribution in [1.82, 2.24) is 14.9 Å². The molecule has 6 nitrogen and oxygen atoms in total. The maximum absolute atomic E-state index is 12.5. The molecule has 0 aliphatic heterocycles. The molecule has 0 saturated heterocycles. The van der Waals surface area contributed by atoms with Crippen molar-refractivity contribution >= 4 is 15.9 Å². The second-order valence-electron chi connectivity index (χ2n) is 6.34. The number of carbonyl (C=O) groups is 1. The number of amides is 1. The summed E-state index contributed by atoms with van der Waals surface area (Å²) in [7, 11) is 0.129. The molecule has 2 rings (SSSR count). The SMILES string of the molecule is Cc1ccccc1CNS(=O)(=O)c1cccc(C(=O)NCCN(C)C)c1. The molecular formula is C19H25N3O3S. The predicted octanol–water partition coefficient (Wildman–Crippen LogP) is 1.76. The van der Waals surface area contributed by atoms with E-state index in [1.54, 1.807) is 12.1 Å². The smallest absolute Gasteiger partial charge is 0.251 e. The number of likely N-dealkylation sites (N-methyl/N-ethyl adjacent to an activating group) is 1. The topological polar surface area (TPSA) is 78.5 Å². The Balaban J connectivity index is 2.07. The lowest BCUT2D eigenvalue weighted by Crippen LogP contribution is -2.31. The molecule has 7 heteroatoms. The molecule has 0 atom stereocenters. The molecular weight excluding hydrogens is 350 g/mol. The Morgan fingerprint density at radius 2 is 1.81 bits per heavy atom. The number of sulfonamides is 1. The Hall–Kier alpha value is -2.22. The van der Waals surface area contributed by atoms with Crippen LogP contribution in [0.4, 0.5) is 0 Å². The molecule has 0 saturated carbocycles. The normalized spacial score (nSPS) is 11.5. The molecule has 0 heterocycles. The Morgan fingerprint density at radius 3 is 2.50 bits per heavy atom. The third-order valence-corrected chi connectivity index (χ3v) is 5.36. The van der Waals surface area contributed by atoms with Gasteiger partial charge in [-0.3, -0.25) is 4.79 Å². The van der Waals surface area contributed by atoms with E-state index in [1.807, 2.05) is 50.2 Å². The lowest BCUT2D eigenvalue weighted by Gasteiger charge is -2.12. The standard InChI is InChI=1S/C19H25N3O3S/c1-15-7-4-5-8-17(15)14-21-26(24,25)18-10-6-9-16(13-18)19(23)20-11-12-22(2)3/h4-10,13,21H,11-12,14H2,1-3H3,(H,20,23). The van der Waals surface area contributed by atoms with E-state index in [2.05, 4.69) is 10.0 Å². The van der Waals surface area contributed by atoms with Crippen molar-refractivity contribution in [3.63, 3.8) is 0 Å². The first-order valence-corrected chi connectivity index (χ1v) is 9.85. The van der Waals surface area contributed by atoms with Crippen molar-refractivity contribution in [1.29, 1.82) is 0 Å². The van der Waals surface area contributed by atoms with E-state index in [0.29, 0.717) is 18.7 Å². The largest absolute Gasteiger partial charge is 0.351 e. The molecule has 0 radical (unpaired) electrons. The highest BCUT2D eigenvalue weighted by atomic mass is 32.2. The van der Waals surface area contributed by atoms with Crippen LogP contribution in [0.25, 0.3) is 0 Å². The molecule has 26 heavy (non-hydrogen) atoms. The summed E-state index contributed by atoms with van der Waals surface area (Å²) >= 11 is 0. The van der Waals surface area contributed by atoms with Gasteiger partial charge < -0.3 is 10.2 Å². The fourth-order valence-electron chi connectivity index (χ4n) is 2.36. The predicted molar refractivity (Wildman–Crippen MR) is 103 cm³/mol. The van der Waals surface area contributed by atoms with E-state index in [4.69, 9.17) is 0 Å². The van der Waals surface area contributed by atoms with Crippen LogP contribution in [0.1, 0.15) is 21.5 Å². The van der Waals surface area contributed by atoms with Crippen LogP contribution in [0.15, 0.2) is 53.4 Å². The van der Waals surface area contributed by atoms with Gasteiger partial charge in [-0.25, -0.2) is 13.1 Å². The summed E-state index contributed by atoms with van der Waals surface area (Å²) in [6.07, 6.45) is 0. The van der Waals surface area contributed by atoms with Crippen molar-refractivity contribution in [2.24, 2.45) is 0 Å². The van der Waals surface area contributed by atoms with Crippen molar-refractivity contribution in [3.05, 3.63) is 65.2 Å². The molecule has 2 aromatic carbocycles.